The Morgan fingerprint density at radius 3 is 2.57 bits per heavy atom. The lowest BCUT2D eigenvalue weighted by molar-refractivity contribution is 0.102. The number of carbonyl (C=O) groups excluding carboxylic acids is 1. The summed E-state index contributed by atoms with van der Waals surface area (Å²) in [6.45, 7) is 0. The van der Waals surface area contributed by atoms with Gasteiger partial charge in [-0.05, 0) is 18.2 Å². The number of carbonyl (C=O) groups is 1. The van der Waals surface area contributed by atoms with Crippen molar-refractivity contribution in [2.45, 2.75) is 4.90 Å². The molecule has 0 bridgehead atoms. The Kier molecular flexibility index (Phi) is 4.51. The van der Waals surface area contributed by atoms with Gasteiger partial charge in [-0.1, -0.05) is 35.3 Å². The van der Waals surface area contributed by atoms with Crippen LogP contribution < -0.4 is 5.32 Å². The van der Waals surface area contributed by atoms with E-state index in [0.29, 0.717) is 0 Å². The molecule has 0 unspecified atom stereocenters. The van der Waals surface area contributed by atoms with Crippen molar-refractivity contribution in [3.8, 4) is 0 Å². The highest BCUT2D eigenvalue weighted by Gasteiger charge is 2.17. The molecule has 2 aromatic rings. The topological polar surface area (TPSA) is 76.1 Å². The van der Waals surface area contributed by atoms with Crippen LogP contribution in [0.4, 0.5) is 5.69 Å². The van der Waals surface area contributed by atoms with Crippen molar-refractivity contribution in [1.29, 1.82) is 0 Å². The zero-order chi connectivity index (χ0) is 15.6. The fourth-order valence-electron chi connectivity index (χ4n) is 1.67. The maximum absolute atomic E-state index is 12.2. The number of hydrogen-bond donors (Lipinski definition) is 1. The highest BCUT2D eigenvalue weighted by Crippen LogP contribution is 2.23. The Hall–Kier alpha value is -1.63. The number of amides is 1. The molecule has 1 heterocycles. The number of halogens is 2. The van der Waals surface area contributed by atoms with Crippen LogP contribution >= 0.6 is 23.2 Å². The molecule has 0 aliphatic heterocycles. The van der Waals surface area contributed by atoms with E-state index in [1.54, 1.807) is 12.1 Å². The van der Waals surface area contributed by atoms with Gasteiger partial charge in [-0.3, -0.25) is 4.79 Å². The van der Waals surface area contributed by atoms with E-state index in [-0.39, 0.29) is 26.3 Å². The monoisotopic (exact) mass is 344 g/mol. The molecule has 1 aromatic heterocycles. The summed E-state index contributed by atoms with van der Waals surface area (Å²) in [4.78, 5) is 16.0. The molecule has 1 N–H and O–H groups in total. The van der Waals surface area contributed by atoms with Crippen LogP contribution in [0.3, 0.4) is 0 Å². The fraction of sp³-hybridized carbons (Fsp3) is 0.0769. The van der Waals surface area contributed by atoms with Gasteiger partial charge in [-0.2, -0.15) is 0 Å². The molecule has 0 saturated heterocycles. The number of hydrogen-bond acceptors (Lipinski definition) is 4. The Labute approximate surface area is 131 Å². The van der Waals surface area contributed by atoms with Gasteiger partial charge in [0.15, 0.2) is 9.84 Å². The molecule has 0 aliphatic rings. The number of para-hydroxylation sites is 1. The minimum absolute atomic E-state index is 0.0228. The SMILES string of the molecule is CS(=O)(=O)c1ccccc1NC(=O)c1cc(Cl)ncc1Cl. The minimum Gasteiger partial charge on any atom is -0.321 e. The van der Waals surface area contributed by atoms with E-state index in [9.17, 15) is 13.2 Å². The molecule has 0 atom stereocenters. The zero-order valence-electron chi connectivity index (χ0n) is 10.8. The van der Waals surface area contributed by atoms with Gasteiger partial charge < -0.3 is 5.32 Å². The summed E-state index contributed by atoms with van der Waals surface area (Å²) >= 11 is 11.6. The molecule has 1 aromatic carbocycles. The average molecular weight is 345 g/mol. The van der Waals surface area contributed by atoms with Crippen LogP contribution in [0.15, 0.2) is 41.4 Å². The first kappa shape index (κ1) is 15.8. The van der Waals surface area contributed by atoms with E-state index >= 15 is 0 Å². The summed E-state index contributed by atoms with van der Waals surface area (Å²) in [5, 5.41) is 2.74. The summed E-state index contributed by atoms with van der Waals surface area (Å²) < 4.78 is 23.4. The molecule has 1 amide bonds. The van der Waals surface area contributed by atoms with Crippen LogP contribution in [0.2, 0.25) is 10.2 Å². The molecule has 2 rings (SSSR count). The van der Waals surface area contributed by atoms with Gasteiger partial charge in [0.05, 0.1) is 21.2 Å². The molecule has 0 spiro atoms. The van der Waals surface area contributed by atoms with Gasteiger partial charge in [0.2, 0.25) is 0 Å². The first-order chi connectivity index (χ1) is 9.79. The van der Waals surface area contributed by atoms with Crippen LogP contribution in [0.1, 0.15) is 10.4 Å². The lowest BCUT2D eigenvalue weighted by Crippen LogP contribution is -2.15. The average Bonchev–Trinajstić information content (AvgIpc) is 2.41. The lowest BCUT2D eigenvalue weighted by atomic mass is 10.2. The highest BCUT2D eigenvalue weighted by atomic mass is 35.5. The van der Waals surface area contributed by atoms with E-state index in [1.807, 2.05) is 0 Å². The van der Waals surface area contributed by atoms with Crippen molar-refractivity contribution >= 4 is 44.6 Å². The molecule has 0 aliphatic carbocycles. The summed E-state index contributed by atoms with van der Waals surface area (Å²) in [5.41, 5.74) is 0.286. The lowest BCUT2D eigenvalue weighted by Gasteiger charge is -2.10. The van der Waals surface area contributed by atoms with Gasteiger partial charge in [0.25, 0.3) is 5.91 Å². The second kappa shape index (κ2) is 6.01. The summed E-state index contributed by atoms with van der Waals surface area (Å²) in [7, 11) is -3.47. The van der Waals surface area contributed by atoms with Crippen molar-refractivity contribution in [3.63, 3.8) is 0 Å². The van der Waals surface area contributed by atoms with E-state index in [0.717, 1.165) is 6.26 Å². The smallest absolute Gasteiger partial charge is 0.257 e. The van der Waals surface area contributed by atoms with Gasteiger partial charge in [-0.25, -0.2) is 13.4 Å². The van der Waals surface area contributed by atoms with Gasteiger partial charge in [0, 0.05) is 12.5 Å². The molecule has 8 heteroatoms. The van der Waals surface area contributed by atoms with E-state index in [2.05, 4.69) is 10.3 Å². The standard InChI is InChI=1S/C13H10Cl2N2O3S/c1-21(19,20)11-5-3-2-4-10(11)17-13(18)8-6-12(15)16-7-9(8)14/h2-7H,1H3,(H,17,18). The zero-order valence-corrected chi connectivity index (χ0v) is 13.1. The van der Waals surface area contributed by atoms with E-state index < -0.39 is 15.7 Å². The predicted molar refractivity (Wildman–Crippen MR) is 81.8 cm³/mol. The number of benzene rings is 1. The molecule has 21 heavy (non-hydrogen) atoms. The van der Waals surface area contributed by atoms with Crippen molar-refractivity contribution in [3.05, 3.63) is 52.3 Å². The quantitative estimate of drug-likeness (QED) is 0.868. The Morgan fingerprint density at radius 2 is 1.90 bits per heavy atom. The maximum Gasteiger partial charge on any atom is 0.257 e. The van der Waals surface area contributed by atoms with Crippen LogP contribution in [0, 0.1) is 0 Å². The molecular weight excluding hydrogens is 335 g/mol. The summed E-state index contributed by atoms with van der Waals surface area (Å²) in [6.07, 6.45) is 2.32. The number of sulfone groups is 1. The van der Waals surface area contributed by atoms with Crippen LogP contribution in [-0.4, -0.2) is 25.6 Å². The normalized spacial score (nSPS) is 11.2. The maximum atomic E-state index is 12.2. The first-order valence-corrected chi connectivity index (χ1v) is 8.35. The number of pyridine rings is 1. The molecule has 0 radical (unpaired) electrons. The van der Waals surface area contributed by atoms with E-state index in [4.69, 9.17) is 23.2 Å². The second-order valence-corrected chi connectivity index (χ2v) is 6.99. The number of nitrogens with zero attached hydrogens (tertiary/aromatic N) is 1. The largest absolute Gasteiger partial charge is 0.321 e. The highest BCUT2D eigenvalue weighted by molar-refractivity contribution is 7.90. The number of rotatable bonds is 3. The van der Waals surface area contributed by atoms with Crippen LogP contribution in [0.5, 0.6) is 0 Å². The third-order valence-corrected chi connectivity index (χ3v) is 4.26. The van der Waals surface area contributed by atoms with Crippen LogP contribution in [-0.2, 0) is 9.84 Å². The van der Waals surface area contributed by atoms with Gasteiger partial charge >= 0.3 is 0 Å². The molecule has 0 fully saturated rings. The first-order valence-electron chi connectivity index (χ1n) is 5.70. The Morgan fingerprint density at radius 1 is 1.24 bits per heavy atom. The summed E-state index contributed by atoms with van der Waals surface area (Å²) in [5.74, 6) is -0.569. The molecular formula is C13H10Cl2N2O3S. The van der Waals surface area contributed by atoms with Crippen LogP contribution in [0.25, 0.3) is 0 Å². The van der Waals surface area contributed by atoms with Gasteiger partial charge in [-0.15, -0.1) is 0 Å². The van der Waals surface area contributed by atoms with Crippen molar-refractivity contribution in [1.82, 2.24) is 4.98 Å². The Balaban J connectivity index is 2.39. The third kappa shape index (κ3) is 3.72. The molecule has 5 nitrogen and oxygen atoms in total. The number of nitrogens with one attached hydrogen (secondary N) is 1. The number of anilines is 1. The molecule has 0 saturated carbocycles. The minimum atomic E-state index is -3.47. The fourth-order valence-corrected chi connectivity index (χ4v) is 2.86. The van der Waals surface area contributed by atoms with Crippen molar-refractivity contribution in [2.75, 3.05) is 11.6 Å². The summed E-state index contributed by atoms with van der Waals surface area (Å²) in [6, 6.07) is 7.40. The van der Waals surface area contributed by atoms with Gasteiger partial charge in [0.1, 0.15) is 5.15 Å². The van der Waals surface area contributed by atoms with Crippen molar-refractivity contribution < 1.29 is 13.2 Å². The second-order valence-electron chi connectivity index (χ2n) is 4.21. The van der Waals surface area contributed by atoms with E-state index in [1.165, 1.54) is 24.4 Å². The Bertz CT molecular complexity index is 807. The third-order valence-electron chi connectivity index (χ3n) is 2.60. The number of aromatic nitrogens is 1. The molecule has 110 valence electrons. The predicted octanol–water partition coefficient (Wildman–Crippen LogP) is 3.04. The van der Waals surface area contributed by atoms with Crippen molar-refractivity contribution in [2.24, 2.45) is 0 Å².